The summed E-state index contributed by atoms with van der Waals surface area (Å²) in [4.78, 5) is 24.5. The molecule has 1 saturated heterocycles. The Morgan fingerprint density at radius 3 is 2.39 bits per heavy atom. The van der Waals surface area contributed by atoms with Crippen molar-refractivity contribution in [2.75, 3.05) is 5.32 Å². The Hall–Kier alpha value is -3.20. The number of carbonyl (C=O) groups is 1. The zero-order chi connectivity index (χ0) is 28.3. The molecule has 10 nitrogen and oxygen atoms in total. The number of imidazole rings is 1. The average molecular weight is 521 g/mol. The van der Waals surface area contributed by atoms with Gasteiger partial charge in [-0.05, 0) is 59.1 Å². The molecule has 202 valence electrons. The lowest BCUT2D eigenvalue weighted by Gasteiger charge is -2.46. The molecule has 11 heteroatoms. The third kappa shape index (κ3) is 5.34. The number of nitrogens with zero attached hydrogens (tertiary/aromatic N) is 3. The van der Waals surface area contributed by atoms with E-state index in [2.05, 4.69) is 15.3 Å². The van der Waals surface area contributed by atoms with E-state index in [1.54, 1.807) is 27.8 Å². The summed E-state index contributed by atoms with van der Waals surface area (Å²) in [6, 6.07) is 5.37. The van der Waals surface area contributed by atoms with Gasteiger partial charge in [0.15, 0.2) is 11.5 Å². The Morgan fingerprint density at radius 2 is 1.82 bits per heavy atom. The lowest BCUT2D eigenvalue weighted by Crippen LogP contribution is -2.48. The van der Waals surface area contributed by atoms with Gasteiger partial charge in [0.1, 0.15) is 25.8 Å². The summed E-state index contributed by atoms with van der Waals surface area (Å²) in [7, 11) is 1.57. The number of nitriles is 1. The van der Waals surface area contributed by atoms with Gasteiger partial charge in [-0.2, -0.15) is 5.26 Å². The summed E-state index contributed by atoms with van der Waals surface area (Å²) < 4.78 is 6.24. The number of aliphatic hydroxyl groups excluding tert-OH is 2. The largest absolute Gasteiger partial charge is 0.509 e. The maximum Gasteiger partial charge on any atom is 0.291 e. The van der Waals surface area contributed by atoms with Gasteiger partial charge in [-0.15, -0.1) is 0 Å². The third-order valence-corrected chi connectivity index (χ3v) is 7.35. The van der Waals surface area contributed by atoms with E-state index in [4.69, 9.17) is 15.0 Å². The second-order valence-corrected chi connectivity index (χ2v) is 12.7. The van der Waals surface area contributed by atoms with E-state index >= 15 is 0 Å². The topological polar surface area (TPSA) is 164 Å². The monoisotopic (exact) mass is 521 g/mol. The first-order valence-electron chi connectivity index (χ1n) is 12.8. The van der Waals surface area contributed by atoms with E-state index in [1.807, 2.05) is 39.8 Å². The molecule has 4 rings (SSSR count). The normalized spacial score (nSPS) is 26.6. The number of aliphatic hydroxyl groups is 3. The van der Waals surface area contributed by atoms with Crippen LogP contribution in [0.4, 0.5) is 5.69 Å². The summed E-state index contributed by atoms with van der Waals surface area (Å²) in [6.07, 6.45) is 1.64. The highest BCUT2D eigenvalue weighted by molar-refractivity contribution is 6.22. The summed E-state index contributed by atoms with van der Waals surface area (Å²) >= 11 is 0. The maximum atomic E-state index is 13.0. The van der Waals surface area contributed by atoms with E-state index in [1.165, 1.54) is 6.20 Å². The Bertz CT molecular complexity index is 1320. The summed E-state index contributed by atoms with van der Waals surface area (Å²) in [5, 5.41) is 45.4. The Labute approximate surface area is 223 Å². The fourth-order valence-corrected chi connectivity index (χ4v) is 6.20. The van der Waals surface area contributed by atoms with Crippen molar-refractivity contribution < 1.29 is 24.9 Å². The van der Waals surface area contributed by atoms with Crippen LogP contribution in [-0.2, 0) is 4.74 Å². The molecular weight excluding hydrogens is 485 g/mol. The predicted octanol–water partition coefficient (Wildman–Crippen LogP) is 2.76. The fraction of sp³-hybridized carbons (Fsp3) is 0.556. The van der Waals surface area contributed by atoms with Crippen LogP contribution in [0.15, 0.2) is 24.1 Å². The molecule has 2 aromatic heterocycles. The number of amides is 1. The van der Waals surface area contributed by atoms with Crippen LogP contribution >= 0.6 is 0 Å². The molecule has 1 aliphatic heterocycles. The second-order valence-electron chi connectivity index (χ2n) is 12.7. The third-order valence-electron chi connectivity index (χ3n) is 7.35. The molecule has 1 amide bonds. The van der Waals surface area contributed by atoms with Crippen molar-refractivity contribution in [1.82, 2.24) is 15.0 Å². The molecular formula is C27H36BN5O5. The molecule has 0 radical (unpaired) electrons. The SMILES string of the molecule is BC1(O)CC(C)(C)C(O)C(O)=C1c1nc(C2CC(C)(C)OC(C)(C)C2)ccc1NC(=O)c1nc(C#N)c[nH]1. The van der Waals surface area contributed by atoms with E-state index in [-0.39, 0.29) is 46.6 Å². The molecule has 1 aliphatic carbocycles. The molecule has 0 bridgehead atoms. The number of nitrogens with one attached hydrogen (secondary N) is 2. The van der Waals surface area contributed by atoms with Gasteiger partial charge in [-0.25, -0.2) is 4.98 Å². The predicted molar refractivity (Wildman–Crippen MR) is 144 cm³/mol. The Balaban J connectivity index is 1.85. The fourth-order valence-electron chi connectivity index (χ4n) is 6.20. The minimum absolute atomic E-state index is 0.0122. The van der Waals surface area contributed by atoms with Gasteiger partial charge in [0.2, 0.25) is 0 Å². The zero-order valence-electron chi connectivity index (χ0n) is 23.0. The number of rotatable bonds is 4. The van der Waals surface area contributed by atoms with Gasteiger partial charge >= 0.3 is 0 Å². The highest BCUT2D eigenvalue weighted by atomic mass is 16.5. The molecule has 38 heavy (non-hydrogen) atoms. The first-order valence-corrected chi connectivity index (χ1v) is 12.8. The van der Waals surface area contributed by atoms with Crippen LogP contribution < -0.4 is 5.32 Å². The second kappa shape index (κ2) is 9.22. The highest BCUT2D eigenvalue weighted by Gasteiger charge is 2.48. The quantitative estimate of drug-likeness (QED) is 0.383. The standard InChI is InChI=1S/C27H36BN5O5/c1-24(2)13-27(28,37)18(20(34)21(24)35)19-17(33-23(36)22-30-12-15(11-29)31-22)8-7-16(32-19)14-9-25(3,4)38-26(5,6)10-14/h7-8,12,14,21,34-35,37H,9-10,13,28H2,1-6H3,(H,30,31)(H,33,36). The van der Waals surface area contributed by atoms with E-state index < -0.39 is 34.1 Å². The lowest BCUT2D eigenvalue weighted by atomic mass is 9.59. The average Bonchev–Trinajstić information content (AvgIpc) is 3.25. The minimum atomic E-state index is -1.55. The molecule has 2 aliphatic rings. The molecule has 2 atom stereocenters. The first kappa shape index (κ1) is 27.8. The number of hydrogen-bond acceptors (Lipinski definition) is 8. The number of carbonyl (C=O) groups excluding carboxylic acids is 1. The van der Waals surface area contributed by atoms with Crippen LogP contribution in [0.2, 0.25) is 0 Å². The Morgan fingerprint density at radius 1 is 1.18 bits per heavy atom. The van der Waals surface area contributed by atoms with E-state index in [9.17, 15) is 20.1 Å². The van der Waals surface area contributed by atoms with Gasteiger partial charge in [0.05, 0.1) is 28.1 Å². The molecule has 1 fully saturated rings. The van der Waals surface area contributed by atoms with Crippen LogP contribution in [0, 0.1) is 16.7 Å². The van der Waals surface area contributed by atoms with Gasteiger partial charge in [0.25, 0.3) is 5.91 Å². The number of aromatic amines is 1. The summed E-state index contributed by atoms with van der Waals surface area (Å²) in [5.74, 6) is -1.06. The van der Waals surface area contributed by atoms with Crippen molar-refractivity contribution in [2.24, 2.45) is 5.41 Å². The van der Waals surface area contributed by atoms with Crippen LogP contribution in [0.3, 0.4) is 0 Å². The number of hydrogen-bond donors (Lipinski definition) is 5. The molecule has 0 saturated carbocycles. The number of anilines is 1. The molecule has 0 aromatic carbocycles. The summed E-state index contributed by atoms with van der Waals surface area (Å²) in [6.45, 7) is 11.7. The number of H-pyrrole nitrogens is 1. The lowest BCUT2D eigenvalue weighted by molar-refractivity contribution is -0.162. The smallest absolute Gasteiger partial charge is 0.291 e. The first-order chi connectivity index (χ1) is 17.4. The number of pyridine rings is 1. The summed E-state index contributed by atoms with van der Waals surface area (Å²) in [5.41, 5.74) is -1.89. The Kier molecular flexibility index (Phi) is 6.75. The molecule has 2 unspecified atom stereocenters. The van der Waals surface area contributed by atoms with E-state index in [0.717, 1.165) is 5.69 Å². The van der Waals surface area contributed by atoms with Crippen molar-refractivity contribution in [3.63, 3.8) is 0 Å². The molecule has 0 spiro atoms. The number of ether oxygens (including phenoxy) is 1. The van der Waals surface area contributed by atoms with Crippen molar-refractivity contribution in [3.05, 3.63) is 47.0 Å². The maximum absolute atomic E-state index is 13.0. The van der Waals surface area contributed by atoms with Crippen LogP contribution in [0.5, 0.6) is 0 Å². The van der Waals surface area contributed by atoms with E-state index in [0.29, 0.717) is 12.8 Å². The van der Waals surface area contributed by atoms with Crippen molar-refractivity contribution in [3.8, 4) is 6.07 Å². The number of aromatic nitrogens is 3. The molecule has 2 aromatic rings. The van der Waals surface area contributed by atoms with Crippen LogP contribution in [-0.4, -0.2) is 66.8 Å². The molecule has 3 heterocycles. The van der Waals surface area contributed by atoms with Gasteiger partial charge in [0, 0.05) is 28.8 Å². The van der Waals surface area contributed by atoms with Gasteiger partial charge < -0.3 is 30.4 Å². The minimum Gasteiger partial charge on any atom is -0.509 e. The van der Waals surface area contributed by atoms with Crippen molar-refractivity contribution in [1.29, 1.82) is 5.26 Å². The van der Waals surface area contributed by atoms with Crippen LogP contribution in [0.1, 0.15) is 94.4 Å². The van der Waals surface area contributed by atoms with Crippen molar-refractivity contribution >= 4 is 25.0 Å². The van der Waals surface area contributed by atoms with Gasteiger partial charge in [-0.3, -0.25) is 9.78 Å². The van der Waals surface area contributed by atoms with Gasteiger partial charge in [-0.1, -0.05) is 13.8 Å². The molecule has 5 N–H and O–H groups in total. The van der Waals surface area contributed by atoms with Crippen LogP contribution in [0.25, 0.3) is 5.57 Å². The highest BCUT2D eigenvalue weighted by Crippen LogP contribution is 2.48. The zero-order valence-corrected chi connectivity index (χ0v) is 23.0. The van der Waals surface area contributed by atoms with Crippen molar-refractivity contribution in [2.45, 2.75) is 89.5 Å².